The summed E-state index contributed by atoms with van der Waals surface area (Å²) in [6, 6.07) is 0. The highest BCUT2D eigenvalue weighted by atomic mass is 79.9. The summed E-state index contributed by atoms with van der Waals surface area (Å²) >= 11 is 3.39. The van der Waals surface area contributed by atoms with Crippen LogP contribution in [0.25, 0.3) is 0 Å². The molecule has 0 aliphatic heterocycles. The van der Waals surface area contributed by atoms with E-state index in [2.05, 4.69) is 22.9 Å². The first-order valence-electron chi connectivity index (χ1n) is 4.02. The van der Waals surface area contributed by atoms with Crippen molar-refractivity contribution in [2.45, 2.75) is 13.8 Å². The van der Waals surface area contributed by atoms with E-state index in [-0.39, 0.29) is 0 Å². The predicted molar refractivity (Wildman–Crippen MR) is 50.3 cm³/mol. The van der Waals surface area contributed by atoms with E-state index in [1.807, 2.05) is 6.92 Å². The van der Waals surface area contributed by atoms with Gasteiger partial charge in [0.05, 0.1) is 19.8 Å². The second kappa shape index (κ2) is 8.50. The molecule has 2 nitrogen and oxygen atoms in total. The van der Waals surface area contributed by atoms with Crippen LogP contribution < -0.4 is 0 Å². The lowest BCUT2D eigenvalue weighted by Gasteiger charge is -2.08. The Labute approximate surface area is 77.4 Å². The average Bonchev–Trinajstić information content (AvgIpc) is 2.04. The Hall–Kier alpha value is 0.400. The Bertz CT molecular complexity index is 78.5. The van der Waals surface area contributed by atoms with E-state index in [0.29, 0.717) is 19.1 Å². The SMILES string of the molecule is CCOCCOCC(C)CBr. The highest BCUT2D eigenvalue weighted by Crippen LogP contribution is 1.99. The second-order valence-corrected chi connectivity index (χ2v) is 3.18. The molecule has 0 aliphatic carbocycles. The molecule has 0 saturated carbocycles. The van der Waals surface area contributed by atoms with Crippen LogP contribution in [0, 0.1) is 5.92 Å². The third kappa shape index (κ3) is 8.30. The number of ether oxygens (including phenoxy) is 2. The summed E-state index contributed by atoms with van der Waals surface area (Å²) in [6.45, 7) is 7.16. The Morgan fingerprint density at radius 1 is 1.27 bits per heavy atom. The highest BCUT2D eigenvalue weighted by molar-refractivity contribution is 9.09. The van der Waals surface area contributed by atoms with Gasteiger partial charge in [0.25, 0.3) is 0 Å². The second-order valence-electron chi connectivity index (χ2n) is 2.53. The lowest BCUT2D eigenvalue weighted by Crippen LogP contribution is -2.11. The van der Waals surface area contributed by atoms with Crippen molar-refractivity contribution in [2.24, 2.45) is 5.92 Å². The Morgan fingerprint density at radius 2 is 1.91 bits per heavy atom. The van der Waals surface area contributed by atoms with Gasteiger partial charge >= 0.3 is 0 Å². The van der Waals surface area contributed by atoms with E-state index >= 15 is 0 Å². The third-order valence-corrected chi connectivity index (χ3v) is 2.35. The fraction of sp³-hybridized carbons (Fsp3) is 1.00. The molecule has 0 N–H and O–H groups in total. The summed E-state index contributed by atoms with van der Waals surface area (Å²) in [5.74, 6) is 0.594. The maximum absolute atomic E-state index is 5.33. The molecule has 0 aliphatic rings. The molecule has 68 valence electrons. The largest absolute Gasteiger partial charge is 0.379 e. The molecule has 0 fully saturated rings. The summed E-state index contributed by atoms with van der Waals surface area (Å²) in [5, 5.41) is 1.00. The van der Waals surface area contributed by atoms with Crippen molar-refractivity contribution in [3.05, 3.63) is 0 Å². The fourth-order valence-corrected chi connectivity index (χ4v) is 0.778. The zero-order valence-electron chi connectivity index (χ0n) is 7.31. The maximum Gasteiger partial charge on any atom is 0.0700 e. The minimum atomic E-state index is 0.594. The molecule has 0 saturated heterocycles. The zero-order chi connectivity index (χ0) is 8.53. The Morgan fingerprint density at radius 3 is 2.45 bits per heavy atom. The standard InChI is InChI=1S/C8H17BrO2/c1-3-10-4-5-11-7-8(2)6-9/h8H,3-7H2,1-2H3. The molecule has 0 radical (unpaired) electrons. The van der Waals surface area contributed by atoms with Gasteiger partial charge in [0, 0.05) is 11.9 Å². The van der Waals surface area contributed by atoms with Crippen molar-refractivity contribution < 1.29 is 9.47 Å². The lowest BCUT2D eigenvalue weighted by molar-refractivity contribution is 0.0428. The van der Waals surface area contributed by atoms with Gasteiger partial charge in [0.15, 0.2) is 0 Å². The van der Waals surface area contributed by atoms with Crippen molar-refractivity contribution in [1.82, 2.24) is 0 Å². The Balaban J connectivity index is 2.89. The van der Waals surface area contributed by atoms with E-state index in [1.165, 1.54) is 0 Å². The van der Waals surface area contributed by atoms with Crippen LogP contribution in [0.3, 0.4) is 0 Å². The molecule has 0 aromatic heterocycles. The molecule has 0 aromatic carbocycles. The summed E-state index contributed by atoms with van der Waals surface area (Å²) < 4.78 is 10.4. The van der Waals surface area contributed by atoms with Crippen LogP contribution in [0.5, 0.6) is 0 Å². The molecular weight excluding hydrogens is 208 g/mol. The molecule has 0 amide bonds. The summed E-state index contributed by atoms with van der Waals surface area (Å²) in [5.41, 5.74) is 0. The van der Waals surface area contributed by atoms with Gasteiger partial charge < -0.3 is 9.47 Å². The average molecular weight is 225 g/mol. The van der Waals surface area contributed by atoms with Crippen LogP contribution in [0.15, 0.2) is 0 Å². The van der Waals surface area contributed by atoms with Crippen LogP contribution in [0.4, 0.5) is 0 Å². The van der Waals surface area contributed by atoms with E-state index in [0.717, 1.165) is 18.5 Å². The highest BCUT2D eigenvalue weighted by Gasteiger charge is 1.97. The molecule has 0 aromatic rings. The van der Waals surface area contributed by atoms with Gasteiger partial charge in [-0.3, -0.25) is 0 Å². The lowest BCUT2D eigenvalue weighted by atomic mass is 10.2. The van der Waals surface area contributed by atoms with E-state index in [9.17, 15) is 0 Å². The molecule has 1 unspecified atom stereocenters. The van der Waals surface area contributed by atoms with Crippen molar-refractivity contribution in [3.8, 4) is 0 Å². The zero-order valence-corrected chi connectivity index (χ0v) is 8.89. The first-order chi connectivity index (χ1) is 5.31. The molecule has 0 rings (SSSR count). The number of rotatable bonds is 7. The first kappa shape index (κ1) is 11.4. The van der Waals surface area contributed by atoms with Gasteiger partial charge in [-0.15, -0.1) is 0 Å². The van der Waals surface area contributed by atoms with Gasteiger partial charge in [0.2, 0.25) is 0 Å². The van der Waals surface area contributed by atoms with Gasteiger partial charge in [-0.25, -0.2) is 0 Å². The fourth-order valence-electron chi connectivity index (χ4n) is 0.591. The smallest absolute Gasteiger partial charge is 0.0700 e. The summed E-state index contributed by atoms with van der Waals surface area (Å²) in [4.78, 5) is 0. The molecule has 0 heterocycles. The topological polar surface area (TPSA) is 18.5 Å². The summed E-state index contributed by atoms with van der Waals surface area (Å²) in [6.07, 6.45) is 0. The maximum atomic E-state index is 5.33. The first-order valence-corrected chi connectivity index (χ1v) is 5.14. The number of hydrogen-bond acceptors (Lipinski definition) is 2. The van der Waals surface area contributed by atoms with Crippen molar-refractivity contribution in [1.29, 1.82) is 0 Å². The van der Waals surface area contributed by atoms with Crippen molar-refractivity contribution in [2.75, 3.05) is 31.8 Å². The summed E-state index contributed by atoms with van der Waals surface area (Å²) in [7, 11) is 0. The van der Waals surface area contributed by atoms with E-state index in [1.54, 1.807) is 0 Å². The van der Waals surface area contributed by atoms with E-state index < -0.39 is 0 Å². The van der Waals surface area contributed by atoms with Crippen LogP contribution in [0.1, 0.15) is 13.8 Å². The van der Waals surface area contributed by atoms with E-state index in [4.69, 9.17) is 9.47 Å². The predicted octanol–water partition coefficient (Wildman–Crippen LogP) is 2.07. The quantitative estimate of drug-likeness (QED) is 0.487. The van der Waals surface area contributed by atoms with Crippen LogP contribution in [-0.4, -0.2) is 31.8 Å². The number of halogens is 1. The molecule has 11 heavy (non-hydrogen) atoms. The minimum Gasteiger partial charge on any atom is -0.379 e. The van der Waals surface area contributed by atoms with Crippen LogP contribution >= 0.6 is 15.9 Å². The number of hydrogen-bond donors (Lipinski definition) is 0. The van der Waals surface area contributed by atoms with Gasteiger partial charge in [0.1, 0.15) is 0 Å². The van der Waals surface area contributed by atoms with Gasteiger partial charge in [-0.1, -0.05) is 22.9 Å². The molecular formula is C8H17BrO2. The van der Waals surface area contributed by atoms with Crippen molar-refractivity contribution >= 4 is 15.9 Å². The molecule has 1 atom stereocenters. The van der Waals surface area contributed by atoms with Crippen LogP contribution in [-0.2, 0) is 9.47 Å². The van der Waals surface area contributed by atoms with Gasteiger partial charge in [-0.05, 0) is 12.8 Å². The normalized spacial score (nSPS) is 13.4. The minimum absolute atomic E-state index is 0.594. The molecule has 0 bridgehead atoms. The van der Waals surface area contributed by atoms with Crippen molar-refractivity contribution in [3.63, 3.8) is 0 Å². The molecule has 0 spiro atoms. The number of alkyl halides is 1. The molecule has 3 heteroatoms. The van der Waals surface area contributed by atoms with Crippen LogP contribution in [0.2, 0.25) is 0 Å². The Kier molecular flexibility index (Phi) is 8.81. The monoisotopic (exact) mass is 224 g/mol. The third-order valence-electron chi connectivity index (χ3n) is 1.24. The van der Waals surface area contributed by atoms with Gasteiger partial charge in [-0.2, -0.15) is 0 Å².